The van der Waals surface area contributed by atoms with E-state index in [1.165, 1.54) is 19.3 Å². The summed E-state index contributed by atoms with van der Waals surface area (Å²) in [7, 11) is 1.63. The van der Waals surface area contributed by atoms with Gasteiger partial charge in [0, 0.05) is 24.5 Å². The van der Waals surface area contributed by atoms with Gasteiger partial charge in [0.15, 0.2) is 0 Å². The van der Waals surface area contributed by atoms with E-state index in [4.69, 9.17) is 9.47 Å². The first-order valence-corrected chi connectivity index (χ1v) is 9.99. The smallest absolute Gasteiger partial charge is 0.270 e. The van der Waals surface area contributed by atoms with Gasteiger partial charge >= 0.3 is 0 Å². The predicted molar refractivity (Wildman–Crippen MR) is 110 cm³/mol. The summed E-state index contributed by atoms with van der Waals surface area (Å²) in [4.78, 5) is 19.1. The Labute approximate surface area is 166 Å². The van der Waals surface area contributed by atoms with Crippen LogP contribution in [0.15, 0.2) is 42.6 Å². The number of nitrogens with one attached hydrogen (secondary N) is 1. The molecule has 28 heavy (non-hydrogen) atoms. The fourth-order valence-electron chi connectivity index (χ4n) is 3.58. The van der Waals surface area contributed by atoms with Gasteiger partial charge in [-0.05, 0) is 62.1 Å². The molecule has 1 N–H and O–H groups in total. The number of hydrogen-bond acceptors (Lipinski definition) is 5. The Bertz CT molecular complexity index is 764. The maximum Gasteiger partial charge on any atom is 0.270 e. The number of ether oxygens (including phenoxy) is 2. The number of piperidine rings is 1. The van der Waals surface area contributed by atoms with Crippen LogP contribution >= 0.6 is 0 Å². The van der Waals surface area contributed by atoms with Crippen LogP contribution in [0, 0.1) is 0 Å². The van der Waals surface area contributed by atoms with E-state index in [9.17, 15) is 4.79 Å². The van der Waals surface area contributed by atoms with Crippen molar-refractivity contribution in [2.45, 2.75) is 38.6 Å². The molecule has 1 aliphatic rings. The van der Waals surface area contributed by atoms with Crippen LogP contribution in [-0.2, 0) is 0 Å². The highest BCUT2D eigenvalue weighted by molar-refractivity contribution is 5.93. The van der Waals surface area contributed by atoms with Gasteiger partial charge in [-0.3, -0.25) is 9.78 Å². The van der Waals surface area contributed by atoms with Crippen molar-refractivity contribution in [3.05, 3.63) is 48.3 Å². The van der Waals surface area contributed by atoms with Crippen LogP contribution in [0.25, 0.3) is 0 Å². The van der Waals surface area contributed by atoms with E-state index >= 15 is 0 Å². The van der Waals surface area contributed by atoms with Crippen LogP contribution in [0.4, 0.5) is 5.69 Å². The summed E-state index contributed by atoms with van der Waals surface area (Å²) in [6, 6.07) is 11.8. The maximum atomic E-state index is 12.5. The Kier molecular flexibility index (Phi) is 7.12. The number of hydrogen-bond donors (Lipinski definition) is 1. The standard InChI is InChI=1S/C22H29N3O3/c1-3-17-6-4-5-14-25(17)18-11-12-23-21(16-18)22(26)24-13-15-28-20-9-7-19(27-2)8-10-20/h7-12,16-17H,3-6,13-15H2,1-2H3,(H,24,26). The molecule has 6 nitrogen and oxygen atoms in total. The molecular weight excluding hydrogens is 354 g/mol. The van der Waals surface area contributed by atoms with Gasteiger partial charge in [0.05, 0.1) is 13.7 Å². The maximum absolute atomic E-state index is 12.5. The van der Waals surface area contributed by atoms with E-state index in [1.54, 1.807) is 13.3 Å². The van der Waals surface area contributed by atoms with Crippen molar-refractivity contribution in [3.63, 3.8) is 0 Å². The predicted octanol–water partition coefficient (Wildman–Crippen LogP) is 3.67. The summed E-state index contributed by atoms with van der Waals surface area (Å²) < 4.78 is 10.8. The Morgan fingerprint density at radius 1 is 1.21 bits per heavy atom. The summed E-state index contributed by atoms with van der Waals surface area (Å²) >= 11 is 0. The second kappa shape index (κ2) is 9.97. The first-order chi connectivity index (χ1) is 13.7. The third kappa shape index (κ3) is 5.15. The summed E-state index contributed by atoms with van der Waals surface area (Å²) in [5.41, 5.74) is 1.53. The lowest BCUT2D eigenvalue weighted by Crippen LogP contribution is -2.39. The summed E-state index contributed by atoms with van der Waals surface area (Å²) in [6.07, 6.45) is 6.53. The average Bonchev–Trinajstić information content (AvgIpc) is 2.77. The molecule has 1 unspecified atom stereocenters. The fourth-order valence-corrected chi connectivity index (χ4v) is 3.58. The van der Waals surface area contributed by atoms with Crippen LogP contribution in [0.5, 0.6) is 11.5 Å². The van der Waals surface area contributed by atoms with Gasteiger partial charge in [0.2, 0.25) is 0 Å². The molecule has 0 bridgehead atoms. The molecular formula is C22H29N3O3. The van der Waals surface area contributed by atoms with Gasteiger partial charge in [-0.25, -0.2) is 0 Å². The molecule has 1 saturated heterocycles. The van der Waals surface area contributed by atoms with Crippen molar-refractivity contribution in [2.75, 3.05) is 31.7 Å². The van der Waals surface area contributed by atoms with Crippen molar-refractivity contribution < 1.29 is 14.3 Å². The van der Waals surface area contributed by atoms with Crippen molar-refractivity contribution >= 4 is 11.6 Å². The highest BCUT2D eigenvalue weighted by atomic mass is 16.5. The molecule has 1 fully saturated rings. The van der Waals surface area contributed by atoms with E-state index in [2.05, 4.69) is 22.1 Å². The summed E-state index contributed by atoms with van der Waals surface area (Å²) in [5, 5.41) is 2.88. The Balaban J connectivity index is 1.51. The number of amides is 1. The van der Waals surface area contributed by atoms with Gasteiger partial charge < -0.3 is 19.7 Å². The molecule has 1 atom stereocenters. The zero-order chi connectivity index (χ0) is 19.8. The zero-order valence-corrected chi connectivity index (χ0v) is 16.7. The van der Waals surface area contributed by atoms with Gasteiger partial charge in [-0.1, -0.05) is 6.92 Å². The lowest BCUT2D eigenvalue weighted by atomic mass is 9.99. The number of pyridine rings is 1. The normalized spacial score (nSPS) is 16.5. The van der Waals surface area contributed by atoms with Gasteiger partial charge in [-0.15, -0.1) is 0 Å². The quantitative estimate of drug-likeness (QED) is 0.705. The minimum absolute atomic E-state index is 0.176. The minimum atomic E-state index is -0.176. The third-order valence-corrected chi connectivity index (χ3v) is 5.12. The number of benzene rings is 1. The fraction of sp³-hybridized carbons (Fsp3) is 0.455. The van der Waals surface area contributed by atoms with Crippen molar-refractivity contribution in [3.8, 4) is 11.5 Å². The lowest BCUT2D eigenvalue weighted by Gasteiger charge is -2.37. The van der Waals surface area contributed by atoms with Gasteiger partial charge in [-0.2, -0.15) is 0 Å². The zero-order valence-electron chi connectivity index (χ0n) is 16.7. The van der Waals surface area contributed by atoms with Crippen molar-refractivity contribution in [2.24, 2.45) is 0 Å². The molecule has 2 heterocycles. The Morgan fingerprint density at radius 3 is 2.75 bits per heavy atom. The first kappa shape index (κ1) is 20.0. The van der Waals surface area contributed by atoms with Gasteiger partial charge in [0.1, 0.15) is 23.8 Å². The van der Waals surface area contributed by atoms with Gasteiger partial charge in [0.25, 0.3) is 5.91 Å². The Morgan fingerprint density at radius 2 is 2.00 bits per heavy atom. The molecule has 2 aromatic rings. The first-order valence-electron chi connectivity index (χ1n) is 9.99. The number of nitrogens with zero attached hydrogens (tertiary/aromatic N) is 2. The number of rotatable bonds is 8. The largest absolute Gasteiger partial charge is 0.497 e. The molecule has 0 saturated carbocycles. The highest BCUT2D eigenvalue weighted by Crippen LogP contribution is 2.26. The number of methoxy groups -OCH3 is 1. The van der Waals surface area contributed by atoms with E-state index in [0.29, 0.717) is 24.9 Å². The molecule has 3 rings (SSSR count). The van der Waals surface area contributed by atoms with Crippen LogP contribution in [-0.4, -0.2) is 43.7 Å². The molecule has 0 radical (unpaired) electrons. The van der Waals surface area contributed by atoms with E-state index < -0.39 is 0 Å². The van der Waals surface area contributed by atoms with E-state index in [1.807, 2.05) is 36.4 Å². The van der Waals surface area contributed by atoms with Crippen molar-refractivity contribution in [1.29, 1.82) is 0 Å². The molecule has 1 aliphatic heterocycles. The average molecular weight is 383 g/mol. The number of carbonyl (C=O) groups excluding carboxylic acids is 1. The third-order valence-electron chi connectivity index (χ3n) is 5.12. The molecule has 1 amide bonds. The molecule has 150 valence electrons. The number of carbonyl (C=O) groups is 1. The lowest BCUT2D eigenvalue weighted by molar-refractivity contribution is 0.0942. The van der Waals surface area contributed by atoms with E-state index in [0.717, 1.165) is 30.2 Å². The number of anilines is 1. The summed E-state index contributed by atoms with van der Waals surface area (Å²) in [6.45, 7) is 4.07. The number of aromatic nitrogens is 1. The van der Waals surface area contributed by atoms with Crippen LogP contribution in [0.1, 0.15) is 43.1 Å². The molecule has 6 heteroatoms. The Hall–Kier alpha value is -2.76. The van der Waals surface area contributed by atoms with Crippen LogP contribution < -0.4 is 19.7 Å². The summed E-state index contributed by atoms with van der Waals surface area (Å²) in [5.74, 6) is 1.35. The van der Waals surface area contributed by atoms with E-state index in [-0.39, 0.29) is 5.91 Å². The highest BCUT2D eigenvalue weighted by Gasteiger charge is 2.22. The topological polar surface area (TPSA) is 63.7 Å². The second-order valence-electron chi connectivity index (χ2n) is 6.93. The van der Waals surface area contributed by atoms with Crippen LogP contribution in [0.3, 0.4) is 0 Å². The molecule has 1 aromatic heterocycles. The second-order valence-corrected chi connectivity index (χ2v) is 6.93. The monoisotopic (exact) mass is 383 g/mol. The SMILES string of the molecule is CCC1CCCCN1c1ccnc(C(=O)NCCOc2ccc(OC)cc2)c1. The van der Waals surface area contributed by atoms with Crippen LogP contribution in [0.2, 0.25) is 0 Å². The molecule has 0 spiro atoms. The van der Waals surface area contributed by atoms with Crippen molar-refractivity contribution in [1.82, 2.24) is 10.3 Å². The molecule has 0 aliphatic carbocycles. The minimum Gasteiger partial charge on any atom is -0.497 e. The molecule has 1 aromatic carbocycles.